The van der Waals surface area contributed by atoms with E-state index in [1.165, 1.54) is 12.0 Å². The van der Waals surface area contributed by atoms with Crippen molar-refractivity contribution in [2.24, 2.45) is 11.8 Å². The smallest absolute Gasteiger partial charge is 0.0449 e. The number of hydrogen-bond donors (Lipinski definition) is 1. The monoisotopic (exact) mass is 331 g/mol. The van der Waals surface area contributed by atoms with Gasteiger partial charge in [0.25, 0.3) is 0 Å². The second-order valence-corrected chi connectivity index (χ2v) is 6.75. The maximum Gasteiger partial charge on any atom is 0.0449 e. The van der Waals surface area contributed by atoms with Crippen molar-refractivity contribution in [1.29, 1.82) is 0 Å². The predicted molar refractivity (Wildman–Crippen MR) is 84.3 cm³/mol. The van der Waals surface area contributed by atoms with Crippen LogP contribution < -0.4 is 5.32 Å². The topological polar surface area (TPSA) is 12.0 Å². The van der Waals surface area contributed by atoms with Gasteiger partial charge in [-0.2, -0.15) is 0 Å². The minimum Gasteiger partial charge on any atom is -0.316 e. The van der Waals surface area contributed by atoms with E-state index in [4.69, 9.17) is 11.6 Å². The van der Waals surface area contributed by atoms with E-state index >= 15 is 0 Å². The Bertz CT molecular complexity index is 366. The lowest BCUT2D eigenvalue weighted by atomic mass is 9.98. The van der Waals surface area contributed by atoms with Crippen LogP contribution in [0.2, 0.25) is 5.02 Å². The molecule has 1 aromatic rings. The van der Waals surface area contributed by atoms with E-state index < -0.39 is 0 Å². The van der Waals surface area contributed by atoms with Gasteiger partial charge in [0.15, 0.2) is 0 Å². The van der Waals surface area contributed by atoms with Gasteiger partial charge in [-0.15, -0.1) is 0 Å². The molecule has 1 unspecified atom stereocenters. The molecule has 1 rings (SSSR count). The van der Waals surface area contributed by atoms with Gasteiger partial charge >= 0.3 is 0 Å². The van der Waals surface area contributed by atoms with Crippen LogP contribution in [0.25, 0.3) is 0 Å². The third kappa shape index (κ3) is 6.21. The Balaban J connectivity index is 2.33. The van der Waals surface area contributed by atoms with Crippen molar-refractivity contribution in [3.05, 3.63) is 33.3 Å². The summed E-state index contributed by atoms with van der Waals surface area (Å²) in [4.78, 5) is 0. The first-order chi connectivity index (χ1) is 8.49. The van der Waals surface area contributed by atoms with Gasteiger partial charge in [0, 0.05) is 9.50 Å². The summed E-state index contributed by atoms with van der Waals surface area (Å²) in [6.45, 7) is 8.95. The molecule has 1 N–H and O–H groups in total. The fraction of sp³-hybridized carbons (Fsp3) is 0.600. The standard InChI is InChI=1S/C15H23BrClN/c1-11(2)10-18-7-6-12(3)8-13-4-5-14(16)9-15(13)17/h4-5,9,11-12,18H,6-8,10H2,1-3H3. The van der Waals surface area contributed by atoms with Crippen molar-refractivity contribution in [1.82, 2.24) is 5.32 Å². The van der Waals surface area contributed by atoms with Crippen molar-refractivity contribution >= 4 is 27.5 Å². The Morgan fingerprint density at radius 1 is 1.28 bits per heavy atom. The molecule has 0 aliphatic carbocycles. The average Bonchev–Trinajstić information content (AvgIpc) is 2.28. The number of benzene rings is 1. The molecule has 18 heavy (non-hydrogen) atoms. The van der Waals surface area contributed by atoms with E-state index in [0.717, 1.165) is 34.9 Å². The Morgan fingerprint density at radius 2 is 2.00 bits per heavy atom. The van der Waals surface area contributed by atoms with Gasteiger partial charge in [-0.25, -0.2) is 0 Å². The minimum atomic E-state index is 0.656. The van der Waals surface area contributed by atoms with Crippen LogP contribution in [-0.2, 0) is 6.42 Å². The number of halogens is 2. The van der Waals surface area contributed by atoms with Gasteiger partial charge in [-0.3, -0.25) is 0 Å². The highest BCUT2D eigenvalue weighted by Crippen LogP contribution is 2.24. The van der Waals surface area contributed by atoms with Crippen LogP contribution in [0.15, 0.2) is 22.7 Å². The van der Waals surface area contributed by atoms with E-state index in [-0.39, 0.29) is 0 Å². The summed E-state index contributed by atoms with van der Waals surface area (Å²) in [6, 6.07) is 6.15. The lowest BCUT2D eigenvalue weighted by molar-refractivity contribution is 0.474. The second kappa shape index (κ2) is 8.19. The maximum atomic E-state index is 6.23. The van der Waals surface area contributed by atoms with Crippen molar-refractivity contribution in [2.45, 2.75) is 33.6 Å². The van der Waals surface area contributed by atoms with Crippen LogP contribution >= 0.6 is 27.5 Å². The molecular weight excluding hydrogens is 310 g/mol. The molecule has 0 saturated carbocycles. The summed E-state index contributed by atoms with van der Waals surface area (Å²) < 4.78 is 1.04. The molecule has 0 saturated heterocycles. The number of nitrogens with one attached hydrogen (secondary N) is 1. The minimum absolute atomic E-state index is 0.656. The fourth-order valence-electron chi connectivity index (χ4n) is 1.90. The van der Waals surface area contributed by atoms with Crippen LogP contribution in [0, 0.1) is 11.8 Å². The van der Waals surface area contributed by atoms with Crippen molar-refractivity contribution in [3.8, 4) is 0 Å². The molecule has 0 amide bonds. The van der Waals surface area contributed by atoms with E-state index in [0.29, 0.717) is 5.92 Å². The molecule has 0 aliphatic rings. The largest absolute Gasteiger partial charge is 0.316 e. The average molecular weight is 333 g/mol. The van der Waals surface area contributed by atoms with Gasteiger partial charge < -0.3 is 5.32 Å². The Morgan fingerprint density at radius 3 is 2.61 bits per heavy atom. The van der Waals surface area contributed by atoms with Gasteiger partial charge in [0.1, 0.15) is 0 Å². The fourth-order valence-corrected chi connectivity index (χ4v) is 2.65. The molecule has 0 aromatic heterocycles. The molecule has 1 nitrogen and oxygen atoms in total. The van der Waals surface area contributed by atoms with E-state index in [2.05, 4.69) is 54.2 Å². The van der Waals surface area contributed by atoms with Crippen LogP contribution in [-0.4, -0.2) is 13.1 Å². The lowest BCUT2D eigenvalue weighted by Crippen LogP contribution is -2.22. The second-order valence-electron chi connectivity index (χ2n) is 5.43. The van der Waals surface area contributed by atoms with Gasteiger partial charge in [-0.05, 0) is 55.5 Å². The van der Waals surface area contributed by atoms with Gasteiger partial charge in [0.05, 0.1) is 0 Å². The zero-order chi connectivity index (χ0) is 13.5. The third-order valence-corrected chi connectivity index (χ3v) is 3.80. The summed E-state index contributed by atoms with van der Waals surface area (Å²) in [5.74, 6) is 1.38. The molecule has 102 valence electrons. The number of rotatable bonds is 7. The van der Waals surface area contributed by atoms with Gasteiger partial charge in [0.2, 0.25) is 0 Å². The summed E-state index contributed by atoms with van der Waals surface area (Å²) in [6.07, 6.45) is 2.24. The first kappa shape index (κ1) is 16.0. The molecule has 0 spiro atoms. The van der Waals surface area contributed by atoms with E-state index in [9.17, 15) is 0 Å². The summed E-state index contributed by atoms with van der Waals surface area (Å²) in [5.41, 5.74) is 1.25. The molecular formula is C15H23BrClN. The SMILES string of the molecule is CC(C)CNCCC(C)Cc1ccc(Br)cc1Cl. The summed E-state index contributed by atoms with van der Waals surface area (Å²) >= 11 is 9.66. The van der Waals surface area contributed by atoms with Crippen molar-refractivity contribution < 1.29 is 0 Å². The van der Waals surface area contributed by atoms with Crippen LogP contribution in [0.3, 0.4) is 0 Å². The Hall–Kier alpha value is -0.0500. The van der Waals surface area contributed by atoms with Crippen LogP contribution in [0.1, 0.15) is 32.8 Å². The van der Waals surface area contributed by atoms with Crippen molar-refractivity contribution in [2.75, 3.05) is 13.1 Å². The molecule has 0 fully saturated rings. The normalized spacial score (nSPS) is 13.0. The van der Waals surface area contributed by atoms with Crippen molar-refractivity contribution in [3.63, 3.8) is 0 Å². The van der Waals surface area contributed by atoms with E-state index in [1.54, 1.807) is 0 Å². The molecule has 0 bridgehead atoms. The quantitative estimate of drug-likeness (QED) is 0.699. The highest BCUT2D eigenvalue weighted by atomic mass is 79.9. The Labute approximate surface area is 124 Å². The highest BCUT2D eigenvalue weighted by Gasteiger charge is 2.07. The summed E-state index contributed by atoms with van der Waals surface area (Å²) in [7, 11) is 0. The zero-order valence-electron chi connectivity index (χ0n) is 11.5. The molecule has 3 heteroatoms. The van der Waals surface area contributed by atoms with Crippen LogP contribution in [0.4, 0.5) is 0 Å². The van der Waals surface area contributed by atoms with E-state index in [1.807, 2.05) is 6.07 Å². The first-order valence-corrected chi connectivity index (χ1v) is 7.80. The predicted octanol–water partition coefficient (Wildman–Crippen LogP) is 4.92. The van der Waals surface area contributed by atoms with Crippen LogP contribution in [0.5, 0.6) is 0 Å². The first-order valence-electron chi connectivity index (χ1n) is 6.63. The zero-order valence-corrected chi connectivity index (χ0v) is 13.8. The molecule has 0 radical (unpaired) electrons. The third-order valence-electron chi connectivity index (χ3n) is 2.95. The maximum absolute atomic E-state index is 6.23. The highest BCUT2D eigenvalue weighted by molar-refractivity contribution is 9.10. The molecule has 1 aromatic carbocycles. The molecule has 0 aliphatic heterocycles. The molecule has 1 atom stereocenters. The summed E-state index contributed by atoms with van der Waals surface area (Å²) in [5, 5.41) is 4.35. The Kier molecular flexibility index (Phi) is 7.28. The number of hydrogen-bond acceptors (Lipinski definition) is 1. The molecule has 0 heterocycles. The van der Waals surface area contributed by atoms with Gasteiger partial charge in [-0.1, -0.05) is 54.4 Å². The lowest BCUT2D eigenvalue weighted by Gasteiger charge is -2.14.